The van der Waals surface area contributed by atoms with Gasteiger partial charge in [0.05, 0.1) is 17.2 Å². The van der Waals surface area contributed by atoms with Gasteiger partial charge in [-0.05, 0) is 25.1 Å². The highest BCUT2D eigenvalue weighted by Gasteiger charge is 2.27. The fourth-order valence-corrected chi connectivity index (χ4v) is 3.54. The second-order valence-electron chi connectivity index (χ2n) is 5.79. The maximum atomic E-state index is 10.7. The number of para-hydroxylation sites is 1. The minimum atomic E-state index is 0.215. The van der Waals surface area contributed by atoms with E-state index in [-0.39, 0.29) is 5.88 Å². The third kappa shape index (κ3) is 2.51. The fraction of sp³-hybridized carbons (Fsp3) is 0.222. The molecular weight excluding hydrogens is 306 g/mol. The van der Waals surface area contributed by atoms with E-state index in [1.807, 2.05) is 71.8 Å². The number of fused-ring (bicyclic) bond motifs is 1. The molecule has 0 aliphatic carbocycles. The average molecular weight is 323 g/mol. The third-order valence-corrected chi connectivity index (χ3v) is 5.38. The Morgan fingerprint density at radius 1 is 1.04 bits per heavy atom. The van der Waals surface area contributed by atoms with E-state index in [2.05, 4.69) is 10.2 Å². The van der Waals surface area contributed by atoms with Crippen molar-refractivity contribution >= 4 is 34.0 Å². The average Bonchev–Trinajstić information content (AvgIpc) is 2.79. The van der Waals surface area contributed by atoms with E-state index in [0.29, 0.717) is 11.7 Å². The molecule has 1 aromatic heterocycles. The Hall–Kier alpha value is -2.27. The minimum Gasteiger partial charge on any atom is -0.493 e. The summed E-state index contributed by atoms with van der Waals surface area (Å²) in [5, 5.41) is 20.2. The summed E-state index contributed by atoms with van der Waals surface area (Å²) in [5.41, 5.74) is 3.54. The predicted octanol–water partition coefficient (Wildman–Crippen LogP) is 5.36. The van der Waals surface area contributed by atoms with Crippen LogP contribution in [0.1, 0.15) is 11.6 Å². The van der Waals surface area contributed by atoms with Crippen LogP contribution in [0, 0.1) is 6.92 Å². The predicted molar refractivity (Wildman–Crippen MR) is 95.3 cm³/mol. The molecule has 1 aliphatic rings. The Kier molecular flexibility index (Phi) is 3.58. The molecule has 5 heteroatoms. The second-order valence-corrected chi connectivity index (χ2v) is 6.86. The van der Waals surface area contributed by atoms with Gasteiger partial charge in [-0.2, -0.15) is 16.9 Å². The molecule has 116 valence electrons. The van der Waals surface area contributed by atoms with Gasteiger partial charge in [0.15, 0.2) is 5.69 Å². The van der Waals surface area contributed by atoms with Crippen LogP contribution in [0.25, 0.3) is 10.9 Å². The molecule has 0 amide bonds. The summed E-state index contributed by atoms with van der Waals surface area (Å²) in [5.74, 6) is 2.27. The van der Waals surface area contributed by atoms with Gasteiger partial charge in [-0.3, -0.25) is 0 Å². The van der Waals surface area contributed by atoms with Gasteiger partial charge >= 0.3 is 0 Å². The molecule has 4 nitrogen and oxygen atoms in total. The van der Waals surface area contributed by atoms with Gasteiger partial charge in [0.2, 0.25) is 5.88 Å². The van der Waals surface area contributed by atoms with Crippen molar-refractivity contribution in [2.75, 3.05) is 11.5 Å². The Morgan fingerprint density at radius 3 is 2.48 bits per heavy atom. The zero-order valence-electron chi connectivity index (χ0n) is 12.8. The molecule has 3 aromatic rings. The van der Waals surface area contributed by atoms with Crippen LogP contribution in [0.5, 0.6) is 5.88 Å². The molecule has 2 aromatic carbocycles. The van der Waals surface area contributed by atoms with Crippen LogP contribution in [0.15, 0.2) is 58.8 Å². The lowest BCUT2D eigenvalue weighted by Gasteiger charge is -2.27. The van der Waals surface area contributed by atoms with Crippen molar-refractivity contribution in [2.24, 2.45) is 10.2 Å². The van der Waals surface area contributed by atoms with Gasteiger partial charge in [0, 0.05) is 16.9 Å². The molecule has 0 radical (unpaired) electrons. The van der Waals surface area contributed by atoms with Gasteiger partial charge in [0.25, 0.3) is 0 Å². The highest BCUT2D eigenvalue weighted by atomic mass is 32.2. The number of hydrogen-bond donors (Lipinski definition) is 1. The first-order valence-electron chi connectivity index (χ1n) is 7.62. The molecule has 4 rings (SSSR count). The molecule has 1 aliphatic heterocycles. The Bertz CT molecular complexity index is 879. The molecular formula is C18H17N3OS. The van der Waals surface area contributed by atoms with Crippen molar-refractivity contribution in [3.8, 4) is 5.88 Å². The van der Waals surface area contributed by atoms with Gasteiger partial charge in [-0.25, -0.2) is 0 Å². The molecule has 0 spiro atoms. The maximum Gasteiger partial charge on any atom is 0.221 e. The molecule has 1 fully saturated rings. The van der Waals surface area contributed by atoms with Crippen LogP contribution >= 0.6 is 11.8 Å². The number of aromatic hydroxyl groups is 1. The van der Waals surface area contributed by atoms with Crippen LogP contribution in [-0.2, 0) is 0 Å². The number of rotatable bonds is 3. The Morgan fingerprint density at radius 2 is 1.78 bits per heavy atom. The number of nitrogens with zero attached hydrogens (tertiary/aromatic N) is 3. The maximum absolute atomic E-state index is 10.7. The van der Waals surface area contributed by atoms with E-state index < -0.39 is 0 Å². The van der Waals surface area contributed by atoms with Crippen LogP contribution in [0.2, 0.25) is 0 Å². The van der Waals surface area contributed by atoms with Gasteiger partial charge < -0.3 is 9.67 Å². The highest BCUT2D eigenvalue weighted by molar-refractivity contribution is 8.00. The summed E-state index contributed by atoms with van der Waals surface area (Å²) in [6, 6.07) is 16.2. The van der Waals surface area contributed by atoms with Crippen LogP contribution in [0.4, 0.5) is 11.4 Å². The first-order chi connectivity index (χ1) is 11.2. The number of aromatic nitrogens is 1. The summed E-state index contributed by atoms with van der Waals surface area (Å²) in [6.07, 6.45) is 0. The van der Waals surface area contributed by atoms with E-state index >= 15 is 0 Å². The Balaban J connectivity index is 1.80. The largest absolute Gasteiger partial charge is 0.493 e. The minimum absolute atomic E-state index is 0.215. The van der Waals surface area contributed by atoms with E-state index in [9.17, 15) is 5.11 Å². The smallest absolute Gasteiger partial charge is 0.221 e. The lowest BCUT2D eigenvalue weighted by molar-refractivity contribution is 0.406. The molecule has 0 atom stereocenters. The number of aryl methyl sites for hydroxylation is 1. The van der Waals surface area contributed by atoms with Crippen molar-refractivity contribution < 1.29 is 5.11 Å². The van der Waals surface area contributed by atoms with E-state index in [1.165, 1.54) is 5.56 Å². The molecule has 0 bridgehead atoms. The molecule has 1 saturated heterocycles. The number of benzene rings is 2. The quantitative estimate of drug-likeness (QED) is 0.660. The second kappa shape index (κ2) is 5.74. The standard InChI is InChI=1S/C18H17N3OS/c1-12-6-8-13(9-7-12)19-20-17-15-4-2-3-5-16(15)21(18(17)22)14-10-23-11-14/h2-9,14,22H,10-11H2,1H3. The molecule has 1 N–H and O–H groups in total. The molecule has 23 heavy (non-hydrogen) atoms. The van der Waals surface area contributed by atoms with Gasteiger partial charge in [0.1, 0.15) is 0 Å². The summed E-state index contributed by atoms with van der Waals surface area (Å²) in [6.45, 7) is 2.04. The number of thioether (sulfide) groups is 1. The zero-order chi connectivity index (χ0) is 15.8. The van der Waals surface area contributed by atoms with E-state index in [4.69, 9.17) is 0 Å². The number of azo groups is 1. The molecule has 0 saturated carbocycles. The Labute approximate surface area is 138 Å². The monoisotopic (exact) mass is 323 g/mol. The lowest BCUT2D eigenvalue weighted by atomic mass is 10.2. The van der Waals surface area contributed by atoms with Crippen LogP contribution in [-0.4, -0.2) is 21.2 Å². The fourth-order valence-electron chi connectivity index (χ4n) is 2.79. The third-order valence-electron chi connectivity index (χ3n) is 4.14. The van der Waals surface area contributed by atoms with Crippen LogP contribution < -0.4 is 0 Å². The van der Waals surface area contributed by atoms with Crippen molar-refractivity contribution in [2.45, 2.75) is 13.0 Å². The van der Waals surface area contributed by atoms with Crippen molar-refractivity contribution in [3.05, 3.63) is 54.1 Å². The van der Waals surface area contributed by atoms with E-state index in [1.54, 1.807) is 0 Å². The first-order valence-corrected chi connectivity index (χ1v) is 8.77. The SMILES string of the molecule is Cc1ccc(N=Nc2c(O)n(C3CSC3)c3ccccc23)cc1. The number of hydrogen-bond acceptors (Lipinski definition) is 4. The van der Waals surface area contributed by atoms with E-state index in [0.717, 1.165) is 28.1 Å². The summed E-state index contributed by atoms with van der Waals surface area (Å²) in [7, 11) is 0. The molecule has 0 unspecified atom stereocenters. The summed E-state index contributed by atoms with van der Waals surface area (Å²) >= 11 is 1.89. The lowest BCUT2D eigenvalue weighted by Crippen LogP contribution is -2.22. The van der Waals surface area contributed by atoms with Gasteiger partial charge in [-0.1, -0.05) is 35.9 Å². The van der Waals surface area contributed by atoms with Crippen molar-refractivity contribution in [1.29, 1.82) is 0 Å². The molecule has 2 heterocycles. The van der Waals surface area contributed by atoms with Crippen LogP contribution in [0.3, 0.4) is 0 Å². The van der Waals surface area contributed by atoms with Crippen molar-refractivity contribution in [1.82, 2.24) is 4.57 Å². The topological polar surface area (TPSA) is 49.9 Å². The first kappa shape index (κ1) is 14.3. The highest BCUT2D eigenvalue weighted by Crippen LogP contribution is 2.44. The van der Waals surface area contributed by atoms with Crippen molar-refractivity contribution in [3.63, 3.8) is 0 Å². The summed E-state index contributed by atoms with van der Waals surface area (Å²) < 4.78 is 2.00. The zero-order valence-corrected chi connectivity index (χ0v) is 13.6. The summed E-state index contributed by atoms with van der Waals surface area (Å²) in [4.78, 5) is 0. The normalized spacial score (nSPS) is 15.3. The van der Waals surface area contributed by atoms with Gasteiger partial charge in [-0.15, -0.1) is 5.11 Å².